The third-order valence-corrected chi connectivity index (χ3v) is 4.40. The van der Waals surface area contributed by atoms with E-state index in [1.165, 1.54) is 5.56 Å². The SMILES string of the molecule is CCC(C(N)c1ccccc1)N(C)C1CCOC1C. The molecule has 4 unspecified atom stereocenters. The van der Waals surface area contributed by atoms with E-state index in [4.69, 9.17) is 10.5 Å². The molecule has 4 atom stereocenters. The van der Waals surface area contributed by atoms with E-state index in [-0.39, 0.29) is 6.04 Å². The van der Waals surface area contributed by atoms with Crippen LogP contribution in [-0.4, -0.2) is 36.7 Å². The zero-order chi connectivity index (χ0) is 13.8. The normalized spacial score (nSPS) is 26.6. The molecule has 2 rings (SSSR count). The highest BCUT2D eigenvalue weighted by Crippen LogP contribution is 2.26. The van der Waals surface area contributed by atoms with Crippen LogP contribution in [0.15, 0.2) is 30.3 Å². The number of nitrogens with zero attached hydrogens (tertiary/aromatic N) is 1. The standard InChI is InChI=1S/C16H26N2O/c1-4-14(16(17)13-8-6-5-7-9-13)18(3)15-10-11-19-12(15)2/h5-9,12,14-16H,4,10-11,17H2,1-3H3. The Hall–Kier alpha value is -0.900. The predicted molar refractivity (Wildman–Crippen MR) is 79.0 cm³/mol. The number of benzene rings is 1. The van der Waals surface area contributed by atoms with Gasteiger partial charge in [0.05, 0.1) is 6.10 Å². The zero-order valence-electron chi connectivity index (χ0n) is 12.3. The van der Waals surface area contributed by atoms with Crippen LogP contribution in [0.4, 0.5) is 0 Å². The smallest absolute Gasteiger partial charge is 0.0703 e. The zero-order valence-corrected chi connectivity index (χ0v) is 12.3. The molecule has 0 radical (unpaired) electrons. The number of hydrogen-bond acceptors (Lipinski definition) is 3. The summed E-state index contributed by atoms with van der Waals surface area (Å²) >= 11 is 0. The Morgan fingerprint density at radius 1 is 1.37 bits per heavy atom. The van der Waals surface area contributed by atoms with Crippen LogP contribution in [0, 0.1) is 0 Å². The van der Waals surface area contributed by atoms with Crippen molar-refractivity contribution in [2.24, 2.45) is 5.73 Å². The molecule has 3 heteroatoms. The third-order valence-electron chi connectivity index (χ3n) is 4.40. The van der Waals surface area contributed by atoms with Crippen LogP contribution in [0.2, 0.25) is 0 Å². The van der Waals surface area contributed by atoms with Gasteiger partial charge in [0.15, 0.2) is 0 Å². The van der Waals surface area contributed by atoms with Crippen molar-refractivity contribution in [2.45, 2.75) is 50.9 Å². The van der Waals surface area contributed by atoms with Gasteiger partial charge in [-0.15, -0.1) is 0 Å². The molecule has 19 heavy (non-hydrogen) atoms. The molecule has 1 saturated heterocycles. The molecular formula is C16H26N2O. The quantitative estimate of drug-likeness (QED) is 0.886. The Labute approximate surface area is 116 Å². The van der Waals surface area contributed by atoms with Crippen LogP contribution in [0.5, 0.6) is 0 Å². The van der Waals surface area contributed by atoms with Gasteiger partial charge in [-0.2, -0.15) is 0 Å². The molecule has 0 amide bonds. The van der Waals surface area contributed by atoms with Crippen LogP contribution in [0.1, 0.15) is 38.3 Å². The van der Waals surface area contributed by atoms with Gasteiger partial charge in [-0.25, -0.2) is 0 Å². The highest BCUT2D eigenvalue weighted by molar-refractivity contribution is 5.20. The van der Waals surface area contributed by atoms with Gasteiger partial charge in [0.25, 0.3) is 0 Å². The molecule has 0 spiro atoms. The van der Waals surface area contributed by atoms with E-state index in [1.54, 1.807) is 0 Å². The molecule has 3 nitrogen and oxygen atoms in total. The lowest BCUT2D eigenvalue weighted by atomic mass is 9.95. The van der Waals surface area contributed by atoms with Crippen molar-refractivity contribution in [1.82, 2.24) is 4.90 Å². The first-order valence-corrected chi connectivity index (χ1v) is 7.29. The van der Waals surface area contributed by atoms with Gasteiger partial charge in [0, 0.05) is 24.7 Å². The fraction of sp³-hybridized carbons (Fsp3) is 0.625. The van der Waals surface area contributed by atoms with E-state index in [2.05, 4.69) is 50.1 Å². The molecule has 2 N–H and O–H groups in total. The van der Waals surface area contributed by atoms with E-state index in [1.807, 2.05) is 6.07 Å². The van der Waals surface area contributed by atoms with Gasteiger partial charge in [-0.05, 0) is 32.4 Å². The van der Waals surface area contributed by atoms with E-state index >= 15 is 0 Å². The lowest BCUT2D eigenvalue weighted by Gasteiger charge is -2.37. The summed E-state index contributed by atoms with van der Waals surface area (Å²) < 4.78 is 5.68. The topological polar surface area (TPSA) is 38.5 Å². The summed E-state index contributed by atoms with van der Waals surface area (Å²) in [5.74, 6) is 0. The second-order valence-electron chi connectivity index (χ2n) is 5.51. The van der Waals surface area contributed by atoms with Crippen LogP contribution >= 0.6 is 0 Å². The number of likely N-dealkylation sites (N-methyl/N-ethyl adjacent to an activating group) is 1. The van der Waals surface area contributed by atoms with E-state index < -0.39 is 0 Å². The first-order valence-electron chi connectivity index (χ1n) is 7.29. The minimum Gasteiger partial charge on any atom is -0.377 e. The average Bonchev–Trinajstić information content (AvgIpc) is 2.86. The lowest BCUT2D eigenvalue weighted by molar-refractivity contribution is 0.0603. The second-order valence-corrected chi connectivity index (χ2v) is 5.51. The summed E-state index contributed by atoms with van der Waals surface area (Å²) in [5, 5.41) is 0. The van der Waals surface area contributed by atoms with Crippen molar-refractivity contribution >= 4 is 0 Å². The Morgan fingerprint density at radius 2 is 2.05 bits per heavy atom. The summed E-state index contributed by atoms with van der Waals surface area (Å²) in [7, 11) is 2.19. The minimum absolute atomic E-state index is 0.0593. The van der Waals surface area contributed by atoms with Crippen LogP contribution in [-0.2, 0) is 4.74 Å². The monoisotopic (exact) mass is 262 g/mol. The Morgan fingerprint density at radius 3 is 2.58 bits per heavy atom. The summed E-state index contributed by atoms with van der Waals surface area (Å²) in [5.41, 5.74) is 7.70. The van der Waals surface area contributed by atoms with E-state index in [9.17, 15) is 0 Å². The van der Waals surface area contributed by atoms with E-state index in [0.717, 1.165) is 19.4 Å². The summed E-state index contributed by atoms with van der Waals surface area (Å²) in [4.78, 5) is 2.43. The summed E-state index contributed by atoms with van der Waals surface area (Å²) in [6, 6.07) is 11.3. The van der Waals surface area contributed by atoms with Gasteiger partial charge in [0.1, 0.15) is 0 Å². The first kappa shape index (κ1) is 14.5. The Kier molecular flexibility index (Phi) is 4.97. The molecule has 1 heterocycles. The summed E-state index contributed by atoms with van der Waals surface area (Å²) in [6.07, 6.45) is 2.47. The van der Waals surface area contributed by atoms with Gasteiger partial charge in [-0.1, -0.05) is 37.3 Å². The molecule has 1 aliphatic heterocycles. The van der Waals surface area contributed by atoms with Crippen molar-refractivity contribution in [1.29, 1.82) is 0 Å². The third kappa shape index (κ3) is 3.16. The highest BCUT2D eigenvalue weighted by atomic mass is 16.5. The number of hydrogen-bond donors (Lipinski definition) is 1. The fourth-order valence-corrected chi connectivity index (χ4v) is 3.19. The second kappa shape index (κ2) is 6.51. The Balaban J connectivity index is 2.10. The lowest BCUT2D eigenvalue weighted by Crippen LogP contribution is -2.48. The molecule has 106 valence electrons. The molecule has 1 fully saturated rings. The first-order chi connectivity index (χ1) is 9.15. The molecule has 0 bridgehead atoms. The maximum Gasteiger partial charge on any atom is 0.0703 e. The predicted octanol–water partition coefficient (Wildman–Crippen LogP) is 2.57. The van der Waals surface area contributed by atoms with Gasteiger partial charge < -0.3 is 10.5 Å². The Bertz CT molecular complexity index is 382. The molecule has 0 saturated carbocycles. The van der Waals surface area contributed by atoms with Crippen molar-refractivity contribution in [3.8, 4) is 0 Å². The number of nitrogens with two attached hydrogens (primary N) is 1. The molecule has 0 aliphatic carbocycles. The maximum atomic E-state index is 6.48. The van der Waals surface area contributed by atoms with Gasteiger partial charge in [0.2, 0.25) is 0 Å². The van der Waals surface area contributed by atoms with E-state index in [0.29, 0.717) is 18.2 Å². The largest absolute Gasteiger partial charge is 0.377 e. The number of rotatable bonds is 5. The van der Waals surface area contributed by atoms with Gasteiger partial charge >= 0.3 is 0 Å². The van der Waals surface area contributed by atoms with Crippen molar-refractivity contribution in [3.63, 3.8) is 0 Å². The van der Waals surface area contributed by atoms with Crippen molar-refractivity contribution in [3.05, 3.63) is 35.9 Å². The fourth-order valence-electron chi connectivity index (χ4n) is 3.19. The van der Waals surface area contributed by atoms with Crippen molar-refractivity contribution < 1.29 is 4.74 Å². The molecule has 0 aromatic heterocycles. The van der Waals surface area contributed by atoms with Crippen LogP contribution in [0.25, 0.3) is 0 Å². The minimum atomic E-state index is 0.0593. The molecule has 1 aromatic carbocycles. The molecule has 1 aliphatic rings. The maximum absolute atomic E-state index is 6.48. The molecular weight excluding hydrogens is 236 g/mol. The average molecular weight is 262 g/mol. The van der Waals surface area contributed by atoms with Crippen LogP contribution in [0.3, 0.4) is 0 Å². The summed E-state index contributed by atoms with van der Waals surface area (Å²) in [6.45, 7) is 5.24. The van der Waals surface area contributed by atoms with Crippen molar-refractivity contribution in [2.75, 3.05) is 13.7 Å². The van der Waals surface area contributed by atoms with Gasteiger partial charge in [-0.3, -0.25) is 4.90 Å². The van der Waals surface area contributed by atoms with Crippen LogP contribution < -0.4 is 5.73 Å². The number of ether oxygens (including phenoxy) is 1. The highest BCUT2D eigenvalue weighted by Gasteiger charge is 2.33. The molecule has 1 aromatic rings.